The third-order valence-electron chi connectivity index (χ3n) is 3.05. The van der Waals surface area contributed by atoms with Crippen molar-refractivity contribution in [3.8, 4) is 0 Å². The minimum absolute atomic E-state index is 0.208. The molecular formula is C14H23F3N4O. The SMILES string of the molecule is CCNC(=NCc1c(CC)noc1CC)NCCC(F)(F)F. The van der Waals surface area contributed by atoms with Crippen LogP contribution in [-0.4, -0.2) is 30.4 Å². The molecule has 0 unspecified atom stereocenters. The maximum atomic E-state index is 12.2. The van der Waals surface area contributed by atoms with E-state index in [1.807, 2.05) is 20.8 Å². The van der Waals surface area contributed by atoms with Crippen LogP contribution in [0.2, 0.25) is 0 Å². The number of halogens is 3. The summed E-state index contributed by atoms with van der Waals surface area (Å²) in [6.45, 7) is 6.48. The standard InChI is InChI=1S/C14H23F3N4O/c1-4-11-10(12(5-2)22-21-11)9-20-13(18-6-3)19-8-7-14(15,16)17/h4-9H2,1-3H3,(H2,18,19,20). The molecule has 1 aromatic rings. The van der Waals surface area contributed by atoms with Crippen molar-refractivity contribution in [1.29, 1.82) is 0 Å². The van der Waals surface area contributed by atoms with Crippen molar-refractivity contribution in [3.05, 3.63) is 17.0 Å². The average molecular weight is 320 g/mol. The molecule has 1 aromatic heterocycles. The molecule has 0 saturated heterocycles. The van der Waals surface area contributed by atoms with Gasteiger partial charge in [0.05, 0.1) is 18.7 Å². The fourth-order valence-electron chi connectivity index (χ4n) is 1.94. The first-order chi connectivity index (χ1) is 10.4. The average Bonchev–Trinajstić information content (AvgIpc) is 2.85. The number of alkyl halides is 3. The number of hydrogen-bond donors (Lipinski definition) is 2. The first-order valence-electron chi connectivity index (χ1n) is 7.46. The Morgan fingerprint density at radius 3 is 2.45 bits per heavy atom. The Hall–Kier alpha value is -1.73. The maximum absolute atomic E-state index is 12.2. The molecule has 0 amide bonds. The highest BCUT2D eigenvalue weighted by molar-refractivity contribution is 5.79. The Labute approximate surface area is 128 Å². The molecule has 0 radical (unpaired) electrons. The molecule has 0 bridgehead atoms. The number of hydrogen-bond acceptors (Lipinski definition) is 3. The number of rotatable bonds is 7. The normalized spacial score (nSPS) is 12.5. The van der Waals surface area contributed by atoms with Crippen LogP contribution in [0.15, 0.2) is 9.52 Å². The molecule has 0 atom stereocenters. The van der Waals surface area contributed by atoms with E-state index >= 15 is 0 Å². The second-order valence-corrected chi connectivity index (χ2v) is 4.73. The predicted molar refractivity (Wildman–Crippen MR) is 78.7 cm³/mol. The van der Waals surface area contributed by atoms with E-state index in [0.717, 1.165) is 23.4 Å². The molecule has 22 heavy (non-hydrogen) atoms. The first-order valence-corrected chi connectivity index (χ1v) is 7.46. The molecule has 0 aliphatic heterocycles. The highest BCUT2D eigenvalue weighted by Crippen LogP contribution is 2.18. The van der Waals surface area contributed by atoms with Crippen LogP contribution < -0.4 is 10.6 Å². The molecule has 0 fully saturated rings. The van der Waals surface area contributed by atoms with Crippen LogP contribution in [0.3, 0.4) is 0 Å². The Balaban J connectivity index is 2.71. The Morgan fingerprint density at radius 1 is 1.18 bits per heavy atom. The number of guanidine groups is 1. The van der Waals surface area contributed by atoms with Gasteiger partial charge in [-0.1, -0.05) is 19.0 Å². The topological polar surface area (TPSA) is 62.5 Å². The first kappa shape index (κ1) is 18.3. The fraction of sp³-hybridized carbons (Fsp3) is 0.714. The summed E-state index contributed by atoms with van der Waals surface area (Å²) in [5, 5.41) is 9.60. The highest BCUT2D eigenvalue weighted by Gasteiger charge is 2.26. The van der Waals surface area contributed by atoms with Crippen LogP contribution in [0.4, 0.5) is 13.2 Å². The number of aromatic nitrogens is 1. The molecule has 0 aliphatic rings. The van der Waals surface area contributed by atoms with Crippen molar-refractivity contribution < 1.29 is 17.7 Å². The second-order valence-electron chi connectivity index (χ2n) is 4.73. The van der Waals surface area contributed by atoms with Crippen LogP contribution in [0.1, 0.15) is 44.2 Å². The van der Waals surface area contributed by atoms with E-state index in [-0.39, 0.29) is 6.54 Å². The van der Waals surface area contributed by atoms with Crippen LogP contribution in [0, 0.1) is 0 Å². The van der Waals surface area contributed by atoms with Crippen molar-refractivity contribution in [3.63, 3.8) is 0 Å². The monoisotopic (exact) mass is 320 g/mol. The van der Waals surface area contributed by atoms with Gasteiger partial charge in [0.2, 0.25) is 0 Å². The van der Waals surface area contributed by atoms with E-state index in [9.17, 15) is 13.2 Å². The number of nitrogens with one attached hydrogen (secondary N) is 2. The lowest BCUT2D eigenvalue weighted by molar-refractivity contribution is -0.132. The smallest absolute Gasteiger partial charge is 0.361 e. The van der Waals surface area contributed by atoms with Gasteiger partial charge in [0.1, 0.15) is 5.76 Å². The zero-order valence-electron chi connectivity index (χ0n) is 13.2. The van der Waals surface area contributed by atoms with E-state index in [1.165, 1.54) is 0 Å². The summed E-state index contributed by atoms with van der Waals surface area (Å²) in [7, 11) is 0. The molecule has 0 spiro atoms. The van der Waals surface area contributed by atoms with E-state index in [2.05, 4.69) is 20.8 Å². The minimum atomic E-state index is -4.18. The van der Waals surface area contributed by atoms with Gasteiger partial charge in [0.25, 0.3) is 0 Å². The third-order valence-corrected chi connectivity index (χ3v) is 3.05. The van der Waals surface area contributed by atoms with Gasteiger partial charge in [0, 0.05) is 25.1 Å². The Bertz CT molecular complexity index is 461. The Morgan fingerprint density at radius 2 is 1.91 bits per heavy atom. The summed E-state index contributed by atoms with van der Waals surface area (Å²) >= 11 is 0. The predicted octanol–water partition coefficient (Wildman–Crippen LogP) is 2.81. The highest BCUT2D eigenvalue weighted by atomic mass is 19.4. The molecule has 1 rings (SSSR count). The van der Waals surface area contributed by atoms with Gasteiger partial charge >= 0.3 is 6.18 Å². The van der Waals surface area contributed by atoms with Crippen molar-refractivity contribution in [2.45, 2.75) is 52.8 Å². The van der Waals surface area contributed by atoms with Gasteiger partial charge < -0.3 is 15.2 Å². The summed E-state index contributed by atoms with van der Waals surface area (Å²) in [6.07, 6.45) is -3.64. The van der Waals surface area contributed by atoms with E-state index in [1.54, 1.807) is 0 Å². The lowest BCUT2D eigenvalue weighted by atomic mass is 10.1. The largest absolute Gasteiger partial charge is 0.390 e. The van der Waals surface area contributed by atoms with Crippen LogP contribution in [0.25, 0.3) is 0 Å². The maximum Gasteiger partial charge on any atom is 0.390 e. The zero-order chi connectivity index (χ0) is 16.6. The molecule has 8 heteroatoms. The molecule has 2 N–H and O–H groups in total. The van der Waals surface area contributed by atoms with Crippen molar-refractivity contribution in [2.75, 3.05) is 13.1 Å². The van der Waals surface area contributed by atoms with Crippen LogP contribution in [-0.2, 0) is 19.4 Å². The van der Waals surface area contributed by atoms with Gasteiger partial charge in [-0.2, -0.15) is 13.2 Å². The molecule has 126 valence electrons. The molecular weight excluding hydrogens is 297 g/mol. The van der Waals surface area contributed by atoms with Crippen molar-refractivity contribution >= 4 is 5.96 Å². The molecule has 0 aromatic carbocycles. The van der Waals surface area contributed by atoms with Gasteiger partial charge in [-0.25, -0.2) is 4.99 Å². The molecule has 0 saturated carbocycles. The van der Waals surface area contributed by atoms with Gasteiger partial charge in [0.15, 0.2) is 5.96 Å². The van der Waals surface area contributed by atoms with Gasteiger partial charge in [-0.05, 0) is 13.3 Å². The molecule has 0 aliphatic carbocycles. The fourth-order valence-corrected chi connectivity index (χ4v) is 1.94. The second kappa shape index (κ2) is 8.65. The molecule has 1 heterocycles. The van der Waals surface area contributed by atoms with Gasteiger partial charge in [-0.3, -0.25) is 0 Å². The van der Waals surface area contributed by atoms with E-state index < -0.39 is 12.6 Å². The van der Waals surface area contributed by atoms with E-state index in [4.69, 9.17) is 4.52 Å². The molecule has 5 nitrogen and oxygen atoms in total. The summed E-state index contributed by atoms with van der Waals surface area (Å²) in [6, 6.07) is 0. The lowest BCUT2D eigenvalue weighted by Gasteiger charge is -2.12. The summed E-state index contributed by atoms with van der Waals surface area (Å²) in [4.78, 5) is 4.32. The summed E-state index contributed by atoms with van der Waals surface area (Å²) in [5.74, 6) is 1.13. The minimum Gasteiger partial charge on any atom is -0.361 e. The van der Waals surface area contributed by atoms with Crippen molar-refractivity contribution in [2.24, 2.45) is 4.99 Å². The van der Waals surface area contributed by atoms with Crippen LogP contribution >= 0.6 is 0 Å². The third kappa shape index (κ3) is 5.95. The summed E-state index contributed by atoms with van der Waals surface area (Å²) < 4.78 is 41.8. The number of aliphatic imine (C=N–C) groups is 1. The number of aryl methyl sites for hydroxylation is 2. The van der Waals surface area contributed by atoms with Crippen LogP contribution in [0.5, 0.6) is 0 Å². The van der Waals surface area contributed by atoms with Gasteiger partial charge in [-0.15, -0.1) is 0 Å². The zero-order valence-corrected chi connectivity index (χ0v) is 13.2. The van der Waals surface area contributed by atoms with E-state index in [0.29, 0.717) is 25.5 Å². The Kier molecular flexibility index (Phi) is 7.20. The number of nitrogens with zero attached hydrogens (tertiary/aromatic N) is 2. The van der Waals surface area contributed by atoms with Crippen molar-refractivity contribution in [1.82, 2.24) is 15.8 Å². The quantitative estimate of drug-likeness (QED) is 0.599. The lowest BCUT2D eigenvalue weighted by Crippen LogP contribution is -2.38. The summed E-state index contributed by atoms with van der Waals surface area (Å²) in [5.41, 5.74) is 1.75.